The molecule has 0 fully saturated rings. The van der Waals surface area contributed by atoms with Gasteiger partial charge in [-0.3, -0.25) is 0 Å². The van der Waals surface area contributed by atoms with Crippen LogP contribution in [0.25, 0.3) is 82.7 Å². The van der Waals surface area contributed by atoms with E-state index in [-0.39, 0.29) is 0 Å². The zero-order valence-corrected chi connectivity index (χ0v) is 29.8. The van der Waals surface area contributed by atoms with Crippen LogP contribution >= 0.6 is 0 Å². The van der Waals surface area contributed by atoms with Crippen molar-refractivity contribution in [1.29, 1.82) is 0 Å². The summed E-state index contributed by atoms with van der Waals surface area (Å²) >= 11 is 0. The summed E-state index contributed by atoms with van der Waals surface area (Å²) in [6.45, 7) is 0. The van der Waals surface area contributed by atoms with Gasteiger partial charge in [-0.15, -0.1) is 0 Å². The molecule has 2 aromatic heterocycles. The lowest BCUT2D eigenvalue weighted by Crippen LogP contribution is -2.10. The molecule has 55 heavy (non-hydrogen) atoms. The van der Waals surface area contributed by atoms with Crippen molar-refractivity contribution >= 4 is 71.5 Å². The van der Waals surface area contributed by atoms with E-state index in [9.17, 15) is 0 Å². The fourth-order valence-electron chi connectivity index (χ4n) is 8.13. The first-order valence-electron chi connectivity index (χ1n) is 18.6. The molecule has 9 aromatic carbocycles. The summed E-state index contributed by atoms with van der Waals surface area (Å²) in [5, 5.41) is 7.23. The molecule has 11 aromatic rings. The highest BCUT2D eigenvalue weighted by atomic mass is 16.3. The van der Waals surface area contributed by atoms with E-state index < -0.39 is 0 Å². The molecule has 0 spiro atoms. The number of para-hydroxylation sites is 3. The van der Waals surface area contributed by atoms with Gasteiger partial charge < -0.3 is 13.9 Å². The minimum atomic E-state index is 0.601. The van der Waals surface area contributed by atoms with Gasteiger partial charge in [0.1, 0.15) is 5.52 Å². The number of hydrogen-bond donors (Lipinski definition) is 0. The molecule has 0 amide bonds. The summed E-state index contributed by atoms with van der Waals surface area (Å²) < 4.78 is 9.03. The Hall–Kier alpha value is -7.43. The molecule has 2 heterocycles. The first-order chi connectivity index (χ1) is 27.2. The van der Waals surface area contributed by atoms with Gasteiger partial charge in [-0.25, -0.2) is 4.98 Å². The van der Waals surface area contributed by atoms with Crippen LogP contribution in [-0.4, -0.2) is 9.55 Å². The molecule has 4 heteroatoms. The molecule has 0 aliphatic carbocycles. The molecule has 0 atom stereocenters. The Kier molecular flexibility index (Phi) is 7.14. The molecule has 0 aliphatic heterocycles. The largest absolute Gasteiger partial charge is 0.434 e. The SMILES string of the molecule is c1ccc(-c2nc3cccc(N(c4cccc(-c5ccc6ccccc6c5)c4)c4ccc5cc6c(cc5c4)c4ccccc4n6-c4ccccc4)c3o2)cc1. The van der Waals surface area contributed by atoms with E-state index in [0.717, 1.165) is 50.4 Å². The predicted octanol–water partition coefficient (Wildman–Crippen LogP) is 14.0. The summed E-state index contributed by atoms with van der Waals surface area (Å²) in [5.74, 6) is 0.601. The van der Waals surface area contributed by atoms with Gasteiger partial charge in [-0.05, 0) is 118 Å². The molecule has 0 aliphatic rings. The molecule has 258 valence electrons. The first kappa shape index (κ1) is 31.1. The van der Waals surface area contributed by atoms with Crippen molar-refractivity contribution < 1.29 is 4.42 Å². The van der Waals surface area contributed by atoms with Gasteiger partial charge in [-0.2, -0.15) is 0 Å². The van der Waals surface area contributed by atoms with Crippen molar-refractivity contribution in [3.63, 3.8) is 0 Å². The second-order valence-corrected chi connectivity index (χ2v) is 14.0. The molecular weight excluding hydrogens is 671 g/mol. The second kappa shape index (κ2) is 12.6. The number of hydrogen-bond acceptors (Lipinski definition) is 3. The van der Waals surface area contributed by atoms with Gasteiger partial charge in [0, 0.05) is 33.4 Å². The lowest BCUT2D eigenvalue weighted by molar-refractivity contribution is 0.620. The highest BCUT2D eigenvalue weighted by Gasteiger charge is 2.21. The third-order valence-corrected chi connectivity index (χ3v) is 10.7. The molecule has 0 saturated heterocycles. The zero-order chi connectivity index (χ0) is 36.3. The van der Waals surface area contributed by atoms with E-state index in [1.165, 1.54) is 43.5 Å². The molecule has 11 rings (SSSR count). The van der Waals surface area contributed by atoms with E-state index >= 15 is 0 Å². The maximum absolute atomic E-state index is 6.65. The average Bonchev–Trinajstić information content (AvgIpc) is 3.83. The number of anilines is 3. The summed E-state index contributed by atoms with van der Waals surface area (Å²) in [7, 11) is 0. The number of oxazole rings is 1. The summed E-state index contributed by atoms with van der Waals surface area (Å²) in [6, 6.07) is 71.1. The molecule has 4 nitrogen and oxygen atoms in total. The van der Waals surface area contributed by atoms with Crippen LogP contribution in [0, 0.1) is 0 Å². The van der Waals surface area contributed by atoms with Crippen molar-refractivity contribution in [2.75, 3.05) is 4.90 Å². The Morgan fingerprint density at radius 3 is 2.00 bits per heavy atom. The smallest absolute Gasteiger partial charge is 0.227 e. The van der Waals surface area contributed by atoms with Crippen LogP contribution in [0.2, 0.25) is 0 Å². The fourth-order valence-corrected chi connectivity index (χ4v) is 8.13. The standard InChI is InChI=1S/C51H33N3O/c1-3-14-35(15-4-1)51-52-46-22-12-24-48(50(46)55-51)53(42-20-11-17-37(30-42)38-26-25-34-13-7-8-16-36(34)29-38)43-28-27-39-33-49-45(32-40(39)31-43)44-21-9-10-23-47(44)54(49)41-18-5-2-6-19-41/h1-33H. The zero-order valence-electron chi connectivity index (χ0n) is 29.8. The quantitative estimate of drug-likeness (QED) is 0.173. The number of nitrogens with zero attached hydrogens (tertiary/aromatic N) is 3. The topological polar surface area (TPSA) is 34.2 Å². The van der Waals surface area contributed by atoms with Gasteiger partial charge in [0.15, 0.2) is 5.58 Å². The van der Waals surface area contributed by atoms with Crippen molar-refractivity contribution in [1.82, 2.24) is 9.55 Å². The Morgan fingerprint density at radius 2 is 1.11 bits per heavy atom. The van der Waals surface area contributed by atoms with Gasteiger partial charge in [-0.1, -0.05) is 115 Å². The van der Waals surface area contributed by atoms with E-state index in [1.807, 2.05) is 36.4 Å². The predicted molar refractivity (Wildman–Crippen MR) is 229 cm³/mol. The van der Waals surface area contributed by atoms with Crippen LogP contribution in [0.15, 0.2) is 205 Å². The van der Waals surface area contributed by atoms with E-state index in [1.54, 1.807) is 0 Å². The number of benzene rings is 9. The number of aromatic nitrogens is 2. The maximum atomic E-state index is 6.65. The van der Waals surface area contributed by atoms with Crippen LogP contribution in [0.1, 0.15) is 0 Å². The Bertz CT molecular complexity index is 3210. The van der Waals surface area contributed by atoms with Crippen molar-refractivity contribution in [2.45, 2.75) is 0 Å². The van der Waals surface area contributed by atoms with Crippen molar-refractivity contribution in [3.05, 3.63) is 200 Å². The van der Waals surface area contributed by atoms with Crippen LogP contribution < -0.4 is 4.90 Å². The molecular formula is C51H33N3O. The molecule has 0 unspecified atom stereocenters. The third-order valence-electron chi connectivity index (χ3n) is 10.7. The molecule has 0 bridgehead atoms. The lowest BCUT2D eigenvalue weighted by Gasteiger charge is -2.26. The van der Waals surface area contributed by atoms with Gasteiger partial charge in [0.25, 0.3) is 0 Å². The minimum absolute atomic E-state index is 0.601. The Morgan fingerprint density at radius 1 is 0.418 bits per heavy atom. The third kappa shape index (κ3) is 5.26. The maximum Gasteiger partial charge on any atom is 0.227 e. The molecule has 0 saturated carbocycles. The number of rotatable bonds is 6. The Balaban J connectivity index is 1.12. The van der Waals surface area contributed by atoms with Gasteiger partial charge in [0.05, 0.1) is 16.7 Å². The summed E-state index contributed by atoms with van der Waals surface area (Å²) in [4.78, 5) is 7.26. The molecule has 0 N–H and O–H groups in total. The van der Waals surface area contributed by atoms with Crippen molar-refractivity contribution in [3.8, 4) is 28.3 Å². The minimum Gasteiger partial charge on any atom is -0.434 e. The van der Waals surface area contributed by atoms with Gasteiger partial charge >= 0.3 is 0 Å². The van der Waals surface area contributed by atoms with E-state index in [4.69, 9.17) is 9.40 Å². The highest BCUT2D eigenvalue weighted by molar-refractivity contribution is 6.14. The van der Waals surface area contributed by atoms with Gasteiger partial charge in [0.2, 0.25) is 5.89 Å². The first-order valence-corrected chi connectivity index (χ1v) is 18.6. The van der Waals surface area contributed by atoms with Crippen LogP contribution in [0.4, 0.5) is 17.1 Å². The molecule has 0 radical (unpaired) electrons. The highest BCUT2D eigenvalue weighted by Crippen LogP contribution is 2.43. The normalized spacial score (nSPS) is 11.6. The van der Waals surface area contributed by atoms with Crippen LogP contribution in [-0.2, 0) is 0 Å². The summed E-state index contributed by atoms with van der Waals surface area (Å²) in [6.07, 6.45) is 0. The summed E-state index contributed by atoms with van der Waals surface area (Å²) in [5.41, 5.74) is 11.3. The van der Waals surface area contributed by atoms with Crippen LogP contribution in [0.3, 0.4) is 0 Å². The second-order valence-electron chi connectivity index (χ2n) is 14.0. The van der Waals surface area contributed by atoms with Crippen LogP contribution in [0.5, 0.6) is 0 Å². The van der Waals surface area contributed by atoms with E-state index in [2.05, 4.69) is 173 Å². The Labute approximate surface area is 317 Å². The van der Waals surface area contributed by atoms with E-state index in [0.29, 0.717) is 5.89 Å². The fraction of sp³-hybridized carbons (Fsp3) is 0. The monoisotopic (exact) mass is 703 g/mol. The average molecular weight is 704 g/mol. The van der Waals surface area contributed by atoms with Crippen molar-refractivity contribution in [2.24, 2.45) is 0 Å². The number of fused-ring (bicyclic) bond motifs is 6. The lowest BCUT2D eigenvalue weighted by atomic mass is 10.00.